The maximum Gasteiger partial charge on any atom is 0.0353 e. The lowest BCUT2D eigenvalue weighted by Crippen LogP contribution is -1.92. The van der Waals surface area contributed by atoms with Crippen LogP contribution in [0.15, 0.2) is 152 Å². The molecule has 7 aromatic carbocycles. The van der Waals surface area contributed by atoms with Gasteiger partial charge in [0, 0.05) is 17.8 Å². The fraction of sp³-hybridized carbons (Fsp3) is 0. The zero-order chi connectivity index (χ0) is 26.5. The van der Waals surface area contributed by atoms with Crippen LogP contribution in [0.5, 0.6) is 0 Å². The molecule has 0 amide bonds. The van der Waals surface area contributed by atoms with Crippen molar-refractivity contribution in [1.29, 1.82) is 0 Å². The molecule has 1 heterocycles. The van der Waals surface area contributed by atoms with Crippen LogP contribution < -0.4 is 0 Å². The van der Waals surface area contributed by atoms with Gasteiger partial charge in [-0.3, -0.25) is 4.98 Å². The quantitative estimate of drug-likeness (QED) is 0.217. The Kier molecular flexibility index (Phi) is 5.21. The molecule has 1 aromatic heterocycles. The molecule has 8 rings (SSSR count). The van der Waals surface area contributed by atoms with Crippen LogP contribution in [0, 0.1) is 0 Å². The third-order valence-corrected chi connectivity index (χ3v) is 8.14. The van der Waals surface area contributed by atoms with E-state index in [-0.39, 0.29) is 0 Å². The van der Waals surface area contributed by atoms with Crippen molar-refractivity contribution in [2.24, 2.45) is 0 Å². The van der Waals surface area contributed by atoms with Gasteiger partial charge in [-0.1, -0.05) is 127 Å². The summed E-state index contributed by atoms with van der Waals surface area (Å²) in [5.74, 6) is 0. The van der Waals surface area contributed by atoms with Crippen LogP contribution in [0.3, 0.4) is 0 Å². The third-order valence-electron chi connectivity index (χ3n) is 8.14. The lowest BCUT2D eigenvalue weighted by atomic mass is 9.85. The molecule has 0 saturated carbocycles. The predicted molar refractivity (Wildman–Crippen MR) is 171 cm³/mol. The number of hydrogen-bond acceptors (Lipinski definition) is 1. The number of rotatable bonds is 3. The number of hydrogen-bond donors (Lipinski definition) is 0. The highest BCUT2D eigenvalue weighted by Crippen LogP contribution is 2.45. The first kappa shape index (κ1) is 22.7. The zero-order valence-electron chi connectivity index (χ0n) is 21.9. The second-order valence-electron chi connectivity index (χ2n) is 10.4. The Labute approximate surface area is 233 Å². The normalized spacial score (nSPS) is 11.5. The lowest BCUT2D eigenvalue weighted by molar-refractivity contribution is 1.37. The van der Waals surface area contributed by atoms with E-state index in [1.54, 1.807) is 0 Å². The van der Waals surface area contributed by atoms with E-state index in [4.69, 9.17) is 0 Å². The van der Waals surface area contributed by atoms with Crippen molar-refractivity contribution in [1.82, 2.24) is 4.98 Å². The fourth-order valence-electron chi connectivity index (χ4n) is 6.26. The molecule has 8 aromatic rings. The van der Waals surface area contributed by atoms with E-state index in [0.717, 1.165) is 0 Å². The molecule has 0 aliphatic carbocycles. The van der Waals surface area contributed by atoms with Crippen molar-refractivity contribution in [2.45, 2.75) is 0 Å². The van der Waals surface area contributed by atoms with Crippen molar-refractivity contribution in [2.75, 3.05) is 0 Å². The summed E-state index contributed by atoms with van der Waals surface area (Å²) in [6, 6.07) is 50.5. The van der Waals surface area contributed by atoms with E-state index in [1.807, 2.05) is 12.4 Å². The predicted octanol–water partition coefficient (Wildman–Crippen LogP) is 10.7. The molecule has 0 atom stereocenters. The van der Waals surface area contributed by atoms with E-state index in [1.165, 1.54) is 76.5 Å². The first-order chi connectivity index (χ1) is 19.8. The Morgan fingerprint density at radius 3 is 1.77 bits per heavy atom. The van der Waals surface area contributed by atoms with Crippen LogP contribution in [0.1, 0.15) is 0 Å². The molecule has 1 nitrogen and oxygen atoms in total. The van der Waals surface area contributed by atoms with Gasteiger partial charge in [-0.15, -0.1) is 0 Å². The third kappa shape index (κ3) is 3.60. The SMILES string of the molecule is c1ccc2cc(-c3ccc(-c4c5ccccc5c(-c5cccc6ccccc56)c5ccncc45)cc3)ccc2c1. The largest absolute Gasteiger partial charge is 0.264 e. The molecule has 0 radical (unpaired) electrons. The van der Waals surface area contributed by atoms with Gasteiger partial charge in [0.1, 0.15) is 0 Å². The molecule has 0 fully saturated rings. The summed E-state index contributed by atoms with van der Waals surface area (Å²) in [4.78, 5) is 4.60. The number of nitrogens with zero attached hydrogens (tertiary/aromatic N) is 1. The Bertz CT molecular complexity index is 2140. The van der Waals surface area contributed by atoms with Crippen LogP contribution in [0.25, 0.3) is 76.5 Å². The minimum atomic E-state index is 1.17. The molecule has 186 valence electrons. The van der Waals surface area contributed by atoms with E-state index < -0.39 is 0 Å². The molecular formula is C39H25N. The van der Waals surface area contributed by atoms with Gasteiger partial charge in [0.05, 0.1) is 0 Å². The molecule has 0 saturated heterocycles. The summed E-state index contributed by atoms with van der Waals surface area (Å²) >= 11 is 0. The van der Waals surface area contributed by atoms with Crippen LogP contribution in [0.4, 0.5) is 0 Å². The highest BCUT2D eigenvalue weighted by atomic mass is 14.6. The first-order valence-electron chi connectivity index (χ1n) is 13.7. The molecule has 0 unspecified atom stereocenters. The van der Waals surface area contributed by atoms with Crippen LogP contribution in [-0.2, 0) is 0 Å². The minimum Gasteiger partial charge on any atom is -0.264 e. The summed E-state index contributed by atoms with van der Waals surface area (Å²) < 4.78 is 0. The second-order valence-corrected chi connectivity index (χ2v) is 10.4. The second kappa shape index (κ2) is 9.18. The fourth-order valence-corrected chi connectivity index (χ4v) is 6.26. The lowest BCUT2D eigenvalue weighted by Gasteiger charge is -2.18. The summed E-state index contributed by atoms with van der Waals surface area (Å²) in [5.41, 5.74) is 7.39. The molecule has 1 heteroatoms. The molecule has 40 heavy (non-hydrogen) atoms. The van der Waals surface area contributed by atoms with Crippen LogP contribution in [0.2, 0.25) is 0 Å². The van der Waals surface area contributed by atoms with E-state index in [0.29, 0.717) is 0 Å². The summed E-state index contributed by atoms with van der Waals surface area (Å²) in [7, 11) is 0. The number of pyridine rings is 1. The highest BCUT2D eigenvalue weighted by molar-refractivity contribution is 6.23. The summed E-state index contributed by atoms with van der Waals surface area (Å²) in [6.45, 7) is 0. The van der Waals surface area contributed by atoms with E-state index in [9.17, 15) is 0 Å². The van der Waals surface area contributed by atoms with Crippen molar-refractivity contribution in [3.8, 4) is 33.4 Å². The molecule has 0 bridgehead atoms. The molecule has 0 spiro atoms. The molecule has 0 aliphatic rings. The van der Waals surface area contributed by atoms with Gasteiger partial charge in [0.25, 0.3) is 0 Å². The first-order valence-corrected chi connectivity index (χ1v) is 13.7. The Morgan fingerprint density at radius 1 is 0.350 bits per heavy atom. The Morgan fingerprint density at radius 2 is 0.950 bits per heavy atom. The van der Waals surface area contributed by atoms with Gasteiger partial charge in [-0.25, -0.2) is 0 Å². The maximum absolute atomic E-state index is 4.60. The topological polar surface area (TPSA) is 12.9 Å². The van der Waals surface area contributed by atoms with Crippen LogP contribution in [-0.4, -0.2) is 4.98 Å². The van der Waals surface area contributed by atoms with Gasteiger partial charge in [0.2, 0.25) is 0 Å². The number of fused-ring (bicyclic) bond motifs is 4. The van der Waals surface area contributed by atoms with E-state index in [2.05, 4.69) is 145 Å². The zero-order valence-corrected chi connectivity index (χ0v) is 21.9. The van der Waals surface area contributed by atoms with Crippen molar-refractivity contribution < 1.29 is 0 Å². The Hall–Kier alpha value is -5.27. The van der Waals surface area contributed by atoms with Crippen LogP contribution >= 0.6 is 0 Å². The van der Waals surface area contributed by atoms with Gasteiger partial charge < -0.3 is 0 Å². The smallest absolute Gasteiger partial charge is 0.0353 e. The van der Waals surface area contributed by atoms with Crippen molar-refractivity contribution >= 4 is 43.1 Å². The van der Waals surface area contributed by atoms with Gasteiger partial charge >= 0.3 is 0 Å². The Balaban J connectivity index is 1.36. The molecule has 0 aliphatic heterocycles. The van der Waals surface area contributed by atoms with E-state index >= 15 is 0 Å². The summed E-state index contributed by atoms with van der Waals surface area (Å²) in [6.07, 6.45) is 3.95. The van der Waals surface area contributed by atoms with Gasteiger partial charge in [-0.2, -0.15) is 0 Å². The standard InChI is InChI=1S/C39H25N/c1-2-10-30-24-31(21-18-26(30)8-1)27-16-19-29(20-17-27)38-34-13-5-6-14-35(34)39(36-22-23-40-25-37(36)38)33-15-7-11-28-9-3-4-12-32(28)33/h1-25H. The van der Waals surface area contributed by atoms with Crippen molar-refractivity contribution in [3.05, 3.63) is 152 Å². The summed E-state index contributed by atoms with van der Waals surface area (Å²) in [5, 5.41) is 9.92. The molecule has 0 N–H and O–H groups in total. The van der Waals surface area contributed by atoms with Crippen molar-refractivity contribution in [3.63, 3.8) is 0 Å². The molecular weight excluding hydrogens is 482 g/mol. The number of benzene rings is 7. The average Bonchev–Trinajstić information content (AvgIpc) is 3.03. The number of aromatic nitrogens is 1. The average molecular weight is 508 g/mol. The minimum absolute atomic E-state index is 1.17. The van der Waals surface area contributed by atoms with Gasteiger partial charge in [-0.05, 0) is 83.2 Å². The van der Waals surface area contributed by atoms with Gasteiger partial charge in [0.15, 0.2) is 0 Å². The highest BCUT2D eigenvalue weighted by Gasteiger charge is 2.18. The maximum atomic E-state index is 4.60. The monoisotopic (exact) mass is 507 g/mol.